The van der Waals surface area contributed by atoms with Gasteiger partial charge in [0, 0.05) is 24.8 Å². The highest BCUT2D eigenvalue weighted by molar-refractivity contribution is 5.84. The van der Waals surface area contributed by atoms with E-state index in [1.54, 1.807) is 4.52 Å². The third-order valence-electron chi connectivity index (χ3n) is 4.07. The number of amides is 1. The molecule has 2 aromatic rings. The molecule has 1 saturated heterocycles. The highest BCUT2D eigenvalue weighted by atomic mass is 16.2. The van der Waals surface area contributed by atoms with Crippen molar-refractivity contribution in [3.63, 3.8) is 0 Å². The molecule has 118 valence electrons. The van der Waals surface area contributed by atoms with Gasteiger partial charge in [-0.15, -0.1) is 0 Å². The molecule has 1 amide bonds. The third-order valence-corrected chi connectivity index (χ3v) is 4.07. The highest BCUT2D eigenvalue weighted by Crippen LogP contribution is 2.15. The monoisotopic (exact) mass is 302 g/mol. The zero-order chi connectivity index (χ0) is 15.5. The summed E-state index contributed by atoms with van der Waals surface area (Å²) >= 11 is 0. The van der Waals surface area contributed by atoms with Crippen LogP contribution in [0.15, 0.2) is 12.4 Å². The van der Waals surface area contributed by atoms with E-state index in [9.17, 15) is 4.79 Å². The Balaban J connectivity index is 1.79. The van der Waals surface area contributed by atoms with E-state index in [0.29, 0.717) is 5.78 Å². The number of hydrogen-bond donors (Lipinski definition) is 1. The summed E-state index contributed by atoms with van der Waals surface area (Å²) in [4.78, 5) is 23.0. The van der Waals surface area contributed by atoms with Gasteiger partial charge in [-0.2, -0.15) is 14.6 Å². The molecule has 1 unspecified atom stereocenters. The lowest BCUT2D eigenvalue weighted by molar-refractivity contribution is -0.132. The quantitative estimate of drug-likeness (QED) is 0.926. The van der Waals surface area contributed by atoms with Crippen molar-refractivity contribution in [3.8, 4) is 0 Å². The van der Waals surface area contributed by atoms with Crippen molar-refractivity contribution in [1.29, 1.82) is 0 Å². The molecule has 1 N–H and O–H groups in total. The number of rotatable bonds is 4. The van der Waals surface area contributed by atoms with Crippen LogP contribution in [0.3, 0.4) is 0 Å². The molecule has 1 fully saturated rings. The maximum Gasteiger partial charge on any atom is 0.254 e. The van der Waals surface area contributed by atoms with Crippen molar-refractivity contribution in [3.05, 3.63) is 18.1 Å². The summed E-state index contributed by atoms with van der Waals surface area (Å²) in [5, 5.41) is 7.45. The maximum atomic E-state index is 12.5. The van der Waals surface area contributed by atoms with E-state index in [2.05, 4.69) is 20.4 Å². The first kappa shape index (κ1) is 14.7. The summed E-state index contributed by atoms with van der Waals surface area (Å²) in [6.07, 6.45) is 5.70. The summed E-state index contributed by atoms with van der Waals surface area (Å²) < 4.78 is 1.64. The molecular weight excluding hydrogens is 280 g/mol. The Morgan fingerprint density at radius 2 is 2.14 bits per heavy atom. The van der Waals surface area contributed by atoms with Gasteiger partial charge in [-0.25, -0.2) is 4.98 Å². The second-order valence-corrected chi connectivity index (χ2v) is 5.71. The molecule has 1 aliphatic heterocycles. The molecule has 0 radical (unpaired) electrons. The number of carbonyl (C=O) groups excluding carboxylic acids is 1. The number of carbonyl (C=O) groups is 1. The number of nitrogens with zero attached hydrogens (tertiary/aromatic N) is 5. The normalized spacial score (nSPS) is 16.7. The number of nitrogens with one attached hydrogen (secondary N) is 1. The summed E-state index contributed by atoms with van der Waals surface area (Å²) in [5.41, 5.74) is 0.931. The average Bonchev–Trinajstić information content (AvgIpc) is 3.03. The average molecular weight is 302 g/mol. The Labute approximate surface area is 129 Å². The standard InChI is InChI=1S/C15H22N6O/c1-3-12-9-13(21-15(19-12)16-10-17-21)18-11(2)14(22)20-7-5-4-6-8-20/h9-11,18H,3-8H2,1-2H3. The zero-order valence-electron chi connectivity index (χ0n) is 13.1. The van der Waals surface area contributed by atoms with Crippen molar-refractivity contribution < 1.29 is 4.79 Å². The molecule has 3 heterocycles. The molecule has 0 aromatic carbocycles. The molecule has 0 saturated carbocycles. The smallest absolute Gasteiger partial charge is 0.254 e. The van der Waals surface area contributed by atoms with Crippen molar-refractivity contribution in [2.45, 2.75) is 45.6 Å². The van der Waals surface area contributed by atoms with E-state index in [1.807, 2.05) is 24.8 Å². The summed E-state index contributed by atoms with van der Waals surface area (Å²) in [7, 11) is 0. The van der Waals surface area contributed by atoms with Gasteiger partial charge >= 0.3 is 0 Å². The van der Waals surface area contributed by atoms with Gasteiger partial charge in [-0.05, 0) is 32.6 Å². The largest absolute Gasteiger partial charge is 0.358 e. The number of likely N-dealkylation sites (tertiary alicyclic amines) is 1. The molecule has 0 aliphatic carbocycles. The van der Waals surface area contributed by atoms with Crippen LogP contribution < -0.4 is 5.32 Å². The van der Waals surface area contributed by atoms with Crippen LogP contribution in [0.25, 0.3) is 5.78 Å². The second kappa shape index (κ2) is 6.29. The van der Waals surface area contributed by atoms with Crippen LogP contribution in [0.2, 0.25) is 0 Å². The van der Waals surface area contributed by atoms with Crippen molar-refractivity contribution in [2.75, 3.05) is 18.4 Å². The first-order valence-corrected chi connectivity index (χ1v) is 7.94. The highest BCUT2D eigenvalue weighted by Gasteiger charge is 2.23. The van der Waals surface area contributed by atoms with Crippen LogP contribution in [0, 0.1) is 0 Å². The van der Waals surface area contributed by atoms with Gasteiger partial charge in [-0.3, -0.25) is 4.79 Å². The number of piperidine rings is 1. The van der Waals surface area contributed by atoms with E-state index in [1.165, 1.54) is 12.7 Å². The predicted molar refractivity (Wildman–Crippen MR) is 83.7 cm³/mol. The van der Waals surface area contributed by atoms with Gasteiger partial charge in [0.15, 0.2) is 0 Å². The summed E-state index contributed by atoms with van der Waals surface area (Å²) in [6, 6.07) is 1.64. The Morgan fingerprint density at radius 1 is 1.36 bits per heavy atom. The minimum atomic E-state index is -0.294. The maximum absolute atomic E-state index is 12.5. The second-order valence-electron chi connectivity index (χ2n) is 5.71. The molecule has 1 atom stereocenters. The summed E-state index contributed by atoms with van der Waals surface area (Å²) in [6.45, 7) is 5.66. The predicted octanol–water partition coefficient (Wildman–Crippen LogP) is 1.50. The zero-order valence-corrected chi connectivity index (χ0v) is 13.1. The Hall–Kier alpha value is -2.18. The van der Waals surface area contributed by atoms with E-state index in [-0.39, 0.29) is 11.9 Å². The number of hydrogen-bond acceptors (Lipinski definition) is 5. The van der Waals surface area contributed by atoms with E-state index in [4.69, 9.17) is 0 Å². The molecule has 0 bridgehead atoms. The summed E-state index contributed by atoms with van der Waals surface area (Å²) in [5.74, 6) is 1.46. The Morgan fingerprint density at radius 3 is 2.86 bits per heavy atom. The first-order valence-electron chi connectivity index (χ1n) is 7.94. The number of anilines is 1. The van der Waals surface area contributed by atoms with Gasteiger partial charge in [0.1, 0.15) is 18.2 Å². The minimum absolute atomic E-state index is 0.142. The van der Waals surface area contributed by atoms with Gasteiger partial charge in [0.2, 0.25) is 5.91 Å². The van der Waals surface area contributed by atoms with Crippen molar-refractivity contribution in [2.24, 2.45) is 0 Å². The molecule has 7 heteroatoms. The van der Waals surface area contributed by atoms with E-state index >= 15 is 0 Å². The Bertz CT molecular complexity index is 661. The van der Waals surface area contributed by atoms with Crippen molar-refractivity contribution in [1.82, 2.24) is 24.5 Å². The lowest BCUT2D eigenvalue weighted by Crippen LogP contribution is -2.44. The molecule has 0 spiro atoms. The van der Waals surface area contributed by atoms with Crippen LogP contribution >= 0.6 is 0 Å². The molecular formula is C15H22N6O. The first-order chi connectivity index (χ1) is 10.7. The molecule has 1 aliphatic rings. The van der Waals surface area contributed by atoms with Crippen LogP contribution in [0.1, 0.15) is 38.8 Å². The van der Waals surface area contributed by atoms with Gasteiger partial charge in [-0.1, -0.05) is 6.92 Å². The van der Waals surface area contributed by atoms with E-state index < -0.39 is 0 Å². The lowest BCUT2D eigenvalue weighted by atomic mass is 10.1. The molecule has 7 nitrogen and oxygen atoms in total. The van der Waals surface area contributed by atoms with Crippen LogP contribution in [0.4, 0.5) is 5.82 Å². The van der Waals surface area contributed by atoms with Crippen molar-refractivity contribution >= 4 is 17.5 Å². The van der Waals surface area contributed by atoms with Gasteiger partial charge in [0.25, 0.3) is 5.78 Å². The van der Waals surface area contributed by atoms with E-state index in [0.717, 1.165) is 43.9 Å². The molecule has 22 heavy (non-hydrogen) atoms. The van der Waals surface area contributed by atoms with Crippen LogP contribution in [-0.4, -0.2) is 49.5 Å². The fraction of sp³-hybridized carbons (Fsp3) is 0.600. The van der Waals surface area contributed by atoms with Gasteiger partial charge in [0.05, 0.1) is 0 Å². The number of aryl methyl sites for hydroxylation is 1. The number of aromatic nitrogens is 4. The topological polar surface area (TPSA) is 75.4 Å². The fourth-order valence-corrected chi connectivity index (χ4v) is 2.82. The lowest BCUT2D eigenvalue weighted by Gasteiger charge is -2.29. The number of fused-ring (bicyclic) bond motifs is 1. The third kappa shape index (κ3) is 2.88. The van der Waals surface area contributed by atoms with Gasteiger partial charge < -0.3 is 10.2 Å². The minimum Gasteiger partial charge on any atom is -0.358 e. The van der Waals surface area contributed by atoms with Crippen LogP contribution in [0.5, 0.6) is 0 Å². The fourth-order valence-electron chi connectivity index (χ4n) is 2.82. The molecule has 2 aromatic heterocycles. The molecule has 3 rings (SSSR count). The SMILES string of the molecule is CCc1cc(NC(C)C(=O)N2CCCCC2)n2ncnc2n1. The van der Waals surface area contributed by atoms with Crippen LogP contribution in [-0.2, 0) is 11.2 Å². The Kier molecular flexibility index (Phi) is 4.22.